The molecule has 2 aromatic heterocycles. The van der Waals surface area contributed by atoms with Crippen molar-refractivity contribution in [1.29, 1.82) is 0 Å². The molecule has 0 aliphatic carbocycles. The Morgan fingerprint density at radius 3 is 1.37 bits per heavy atom. The van der Waals surface area contributed by atoms with Crippen LogP contribution in [0.25, 0.3) is 11.1 Å². The molecule has 4 aromatic rings. The first kappa shape index (κ1) is 30.6. The molecule has 2 aromatic carbocycles. The van der Waals surface area contributed by atoms with E-state index >= 15 is 0 Å². The lowest BCUT2D eigenvalue weighted by Crippen LogP contribution is -2.43. The number of benzene rings is 2. The summed E-state index contributed by atoms with van der Waals surface area (Å²) in [6.07, 6.45) is 6.60. The molecular weight excluding hydrogens is 580 g/mol. The Hall–Kier alpha value is -5.38. The van der Waals surface area contributed by atoms with Crippen LogP contribution in [0.5, 0.6) is 0 Å². The number of likely N-dealkylation sites (tertiary alicyclic amines) is 2. The molecule has 0 bridgehead atoms. The number of anilines is 2. The number of carbonyl (C=O) groups excluding carboxylic acids is 4. The van der Waals surface area contributed by atoms with Crippen LogP contribution in [-0.4, -0.2) is 68.6 Å². The maximum atomic E-state index is 13.1. The molecule has 46 heavy (non-hydrogen) atoms. The summed E-state index contributed by atoms with van der Waals surface area (Å²) in [6, 6.07) is 25.1. The van der Waals surface area contributed by atoms with Crippen molar-refractivity contribution in [2.45, 2.75) is 50.6 Å². The normalized spacial score (nSPS) is 17.5. The summed E-state index contributed by atoms with van der Waals surface area (Å²) in [5.41, 5.74) is 3.43. The molecule has 0 spiro atoms. The fraction of sp³-hybridized carbons (Fsp3) is 0.278. The summed E-state index contributed by atoms with van der Waals surface area (Å²) in [7, 11) is 0. The van der Waals surface area contributed by atoms with Gasteiger partial charge in [-0.2, -0.15) is 0 Å². The monoisotopic (exact) mass is 616 g/mol. The van der Waals surface area contributed by atoms with Crippen LogP contribution < -0.4 is 10.6 Å². The largest absolute Gasteiger partial charge is 0.330 e. The van der Waals surface area contributed by atoms with Crippen LogP contribution in [0.15, 0.2) is 97.3 Å². The van der Waals surface area contributed by atoms with Gasteiger partial charge in [0.1, 0.15) is 23.7 Å². The van der Waals surface area contributed by atoms with Crippen molar-refractivity contribution in [3.8, 4) is 11.1 Å². The van der Waals surface area contributed by atoms with Crippen LogP contribution in [-0.2, 0) is 32.0 Å². The number of aromatic nitrogens is 2. The van der Waals surface area contributed by atoms with E-state index in [0.717, 1.165) is 35.1 Å². The third-order valence-corrected chi connectivity index (χ3v) is 8.51. The van der Waals surface area contributed by atoms with Crippen LogP contribution in [0.3, 0.4) is 0 Å². The molecule has 2 N–H and O–H groups in total. The van der Waals surface area contributed by atoms with Crippen molar-refractivity contribution in [2.75, 3.05) is 23.7 Å². The second-order valence-electron chi connectivity index (χ2n) is 11.7. The highest BCUT2D eigenvalue weighted by atomic mass is 16.2. The van der Waals surface area contributed by atoms with Crippen molar-refractivity contribution < 1.29 is 19.2 Å². The van der Waals surface area contributed by atoms with Gasteiger partial charge < -0.3 is 20.4 Å². The lowest BCUT2D eigenvalue weighted by atomic mass is 10.1. The number of hydrogen-bond donors (Lipinski definition) is 2. The highest BCUT2D eigenvalue weighted by molar-refractivity contribution is 5.98. The van der Waals surface area contributed by atoms with E-state index in [4.69, 9.17) is 0 Å². The van der Waals surface area contributed by atoms with E-state index in [-0.39, 0.29) is 36.5 Å². The van der Waals surface area contributed by atoms with Crippen molar-refractivity contribution in [3.05, 3.63) is 108 Å². The molecule has 10 nitrogen and oxygen atoms in total. The molecule has 4 amide bonds. The van der Waals surface area contributed by atoms with Gasteiger partial charge in [-0.05, 0) is 61.1 Å². The molecule has 6 rings (SSSR count). The molecule has 0 radical (unpaired) electrons. The smallest absolute Gasteiger partial charge is 0.248 e. The molecule has 234 valence electrons. The first-order chi connectivity index (χ1) is 22.4. The van der Waals surface area contributed by atoms with Gasteiger partial charge in [0.15, 0.2) is 0 Å². The van der Waals surface area contributed by atoms with Gasteiger partial charge in [0.25, 0.3) is 0 Å². The second kappa shape index (κ2) is 14.2. The summed E-state index contributed by atoms with van der Waals surface area (Å²) in [5, 5.41) is 5.72. The Morgan fingerprint density at radius 1 is 0.587 bits per heavy atom. The summed E-state index contributed by atoms with van der Waals surface area (Å²) >= 11 is 0. The molecule has 4 heterocycles. The zero-order valence-electron chi connectivity index (χ0n) is 25.5. The summed E-state index contributed by atoms with van der Waals surface area (Å²) in [5.74, 6) is 0.187. The minimum Gasteiger partial charge on any atom is -0.330 e. The molecular formula is C36H36N6O4. The molecule has 2 fully saturated rings. The van der Waals surface area contributed by atoms with Gasteiger partial charge in [-0.1, -0.05) is 60.7 Å². The Kier molecular flexibility index (Phi) is 9.43. The number of rotatable bonds is 9. The van der Waals surface area contributed by atoms with Gasteiger partial charge in [0, 0.05) is 36.6 Å². The Bertz CT molecular complexity index is 1550. The van der Waals surface area contributed by atoms with Crippen molar-refractivity contribution >= 4 is 35.3 Å². The quantitative estimate of drug-likeness (QED) is 0.286. The van der Waals surface area contributed by atoms with E-state index < -0.39 is 12.1 Å². The third-order valence-electron chi connectivity index (χ3n) is 8.51. The molecule has 2 saturated heterocycles. The number of carbonyl (C=O) groups is 4. The second-order valence-corrected chi connectivity index (χ2v) is 11.7. The van der Waals surface area contributed by atoms with Crippen molar-refractivity contribution in [2.24, 2.45) is 0 Å². The summed E-state index contributed by atoms with van der Waals surface area (Å²) in [6.45, 7) is 1.12. The number of nitrogens with zero attached hydrogens (tertiary/aromatic N) is 4. The predicted molar refractivity (Wildman–Crippen MR) is 174 cm³/mol. The number of pyridine rings is 2. The Balaban J connectivity index is 1.02. The molecule has 2 atom stereocenters. The van der Waals surface area contributed by atoms with E-state index in [2.05, 4.69) is 20.6 Å². The van der Waals surface area contributed by atoms with Gasteiger partial charge in [-0.3, -0.25) is 19.2 Å². The summed E-state index contributed by atoms with van der Waals surface area (Å²) in [4.78, 5) is 64.2. The predicted octanol–water partition coefficient (Wildman–Crippen LogP) is 4.49. The minimum atomic E-state index is -0.525. The van der Waals surface area contributed by atoms with Gasteiger partial charge in [-0.25, -0.2) is 9.97 Å². The van der Waals surface area contributed by atoms with E-state index in [1.165, 1.54) is 0 Å². The maximum Gasteiger partial charge on any atom is 0.248 e. The van der Waals surface area contributed by atoms with E-state index in [0.29, 0.717) is 37.6 Å². The fourth-order valence-electron chi connectivity index (χ4n) is 6.12. The van der Waals surface area contributed by atoms with Gasteiger partial charge >= 0.3 is 0 Å². The zero-order chi connectivity index (χ0) is 31.9. The Morgan fingerprint density at radius 2 is 1.00 bits per heavy atom. The van der Waals surface area contributed by atoms with E-state index in [9.17, 15) is 19.2 Å². The first-order valence-electron chi connectivity index (χ1n) is 15.7. The fourth-order valence-corrected chi connectivity index (χ4v) is 6.12. The average Bonchev–Trinajstić information content (AvgIpc) is 3.78. The van der Waals surface area contributed by atoms with Crippen molar-refractivity contribution in [3.63, 3.8) is 0 Å². The zero-order valence-corrected chi connectivity index (χ0v) is 25.5. The van der Waals surface area contributed by atoms with Gasteiger partial charge in [0.2, 0.25) is 23.6 Å². The first-order valence-corrected chi connectivity index (χ1v) is 15.7. The Labute approximate surface area is 267 Å². The summed E-state index contributed by atoms with van der Waals surface area (Å²) < 4.78 is 0. The third kappa shape index (κ3) is 7.28. The molecule has 2 aliphatic heterocycles. The maximum absolute atomic E-state index is 13.1. The molecule has 0 unspecified atom stereocenters. The molecule has 0 saturated carbocycles. The number of hydrogen-bond acceptors (Lipinski definition) is 6. The van der Waals surface area contributed by atoms with Crippen molar-refractivity contribution in [1.82, 2.24) is 19.8 Å². The van der Waals surface area contributed by atoms with Gasteiger partial charge in [0.05, 0.1) is 12.8 Å². The van der Waals surface area contributed by atoms with Crippen LogP contribution >= 0.6 is 0 Å². The lowest BCUT2D eigenvalue weighted by molar-refractivity contribution is -0.136. The average molecular weight is 617 g/mol. The van der Waals surface area contributed by atoms with Crippen LogP contribution in [0, 0.1) is 0 Å². The van der Waals surface area contributed by atoms with Crippen LogP contribution in [0.1, 0.15) is 36.8 Å². The molecule has 2 aliphatic rings. The molecule has 10 heteroatoms. The highest BCUT2D eigenvalue weighted by Crippen LogP contribution is 2.24. The number of amides is 4. The van der Waals surface area contributed by atoms with Crippen LogP contribution in [0.2, 0.25) is 0 Å². The SMILES string of the molecule is O=C(Nc1ccc(-c2ccc(NC(=O)[C@@H]3CCCN3C(=O)Cc3ccccc3)nc2)cn1)[C@@H]1CCCN1C(=O)Cc1ccccc1. The van der Waals surface area contributed by atoms with Gasteiger partial charge in [-0.15, -0.1) is 0 Å². The highest BCUT2D eigenvalue weighted by Gasteiger charge is 2.35. The topological polar surface area (TPSA) is 125 Å². The van der Waals surface area contributed by atoms with Crippen LogP contribution in [0.4, 0.5) is 11.6 Å². The lowest BCUT2D eigenvalue weighted by Gasteiger charge is -2.24. The number of nitrogens with one attached hydrogen (secondary N) is 2. The minimum absolute atomic E-state index is 0.0589. The van der Waals surface area contributed by atoms with E-state index in [1.807, 2.05) is 72.8 Å². The standard InChI is InChI=1S/C36H36N6O4/c43-33(21-25-9-3-1-4-10-25)41-19-7-13-29(41)35(45)39-31-17-15-27(23-37-31)28-16-18-32(38-24-28)40-36(46)30-14-8-20-42(30)34(44)22-26-11-5-2-6-12-26/h1-6,9-12,15-18,23-24,29-30H,7-8,13-14,19-22H2,(H,37,39,45)(H,38,40,46)/t29-,30-/m0/s1. The van der Waals surface area contributed by atoms with E-state index in [1.54, 1.807) is 34.3 Å².